The molecule has 3 nitrogen and oxygen atoms in total. The highest BCUT2D eigenvalue weighted by Gasteiger charge is 2.25. The number of methoxy groups -OCH3 is 1. The van der Waals surface area contributed by atoms with Gasteiger partial charge in [-0.05, 0) is 31.3 Å². The maximum Gasteiger partial charge on any atom is 0.108 e. The summed E-state index contributed by atoms with van der Waals surface area (Å²) in [5.74, 6) is 0.264. The summed E-state index contributed by atoms with van der Waals surface area (Å²) in [6.07, 6.45) is 2.81. The number of aliphatic hydroxyl groups is 1. The molecule has 0 aliphatic heterocycles. The van der Waals surface area contributed by atoms with Crippen LogP contribution in [0.3, 0.4) is 0 Å². The predicted molar refractivity (Wildman–Crippen MR) is 78.6 cm³/mol. The zero-order chi connectivity index (χ0) is 14.3. The summed E-state index contributed by atoms with van der Waals surface area (Å²) in [6, 6.07) is 0. The molecule has 0 spiro atoms. The predicted octanol–water partition coefficient (Wildman–Crippen LogP) is 3.02. The van der Waals surface area contributed by atoms with E-state index in [0.717, 1.165) is 5.57 Å². The first kappa shape index (κ1) is 17.7. The number of hydrogen-bond acceptors (Lipinski definition) is 4. The first-order valence-electron chi connectivity index (χ1n) is 6.20. The number of ether oxygens (including phenoxy) is 1. The van der Waals surface area contributed by atoms with Gasteiger partial charge in [-0.25, -0.2) is 0 Å². The molecule has 4 heteroatoms. The van der Waals surface area contributed by atoms with Gasteiger partial charge in [-0.1, -0.05) is 32.9 Å². The minimum Gasteiger partial charge on any atom is -0.389 e. The Hall–Kier alpha value is -0.290. The summed E-state index contributed by atoms with van der Waals surface area (Å²) in [7, 11) is 1.61. The van der Waals surface area contributed by atoms with Crippen molar-refractivity contribution >= 4 is 12.9 Å². The average molecular weight is 274 g/mol. The molecule has 0 fully saturated rings. The minimum absolute atomic E-state index is 0.0684. The van der Waals surface area contributed by atoms with E-state index < -0.39 is 6.10 Å². The fraction of sp³-hybridized carbons (Fsp3) is 0.714. The lowest BCUT2D eigenvalue weighted by atomic mass is 9.93. The van der Waals surface area contributed by atoms with Crippen LogP contribution in [0.2, 0.25) is 0 Å². The highest BCUT2D eigenvalue weighted by atomic mass is 32.1. The number of rotatable bonds is 8. The van der Waals surface area contributed by atoms with Crippen molar-refractivity contribution in [2.45, 2.75) is 46.0 Å². The van der Waals surface area contributed by atoms with E-state index in [-0.39, 0.29) is 24.0 Å². The van der Waals surface area contributed by atoms with E-state index in [1.54, 1.807) is 13.2 Å². The monoisotopic (exact) mass is 274 g/mol. The zero-order valence-electron chi connectivity index (χ0n) is 12.0. The van der Waals surface area contributed by atoms with E-state index in [1.807, 2.05) is 33.8 Å². The second-order valence-electron chi connectivity index (χ2n) is 4.96. The Balaban J connectivity index is 4.84. The van der Waals surface area contributed by atoms with Crippen molar-refractivity contribution < 1.29 is 14.0 Å². The molecule has 0 radical (unpaired) electrons. The molecule has 0 rings (SSSR count). The van der Waals surface area contributed by atoms with Crippen LogP contribution in [0.5, 0.6) is 0 Å². The van der Waals surface area contributed by atoms with Gasteiger partial charge in [0.05, 0.1) is 6.10 Å². The lowest BCUT2D eigenvalue weighted by Crippen LogP contribution is -2.32. The van der Waals surface area contributed by atoms with Gasteiger partial charge in [0.25, 0.3) is 0 Å². The summed E-state index contributed by atoms with van der Waals surface area (Å²) in [6.45, 7) is 11.6. The summed E-state index contributed by atoms with van der Waals surface area (Å²) in [5, 5.41) is 9.97. The third-order valence-electron chi connectivity index (χ3n) is 3.09. The summed E-state index contributed by atoms with van der Waals surface area (Å²) in [5.41, 5.74) is 0.937. The van der Waals surface area contributed by atoms with Crippen LogP contribution >= 0.6 is 12.9 Å². The van der Waals surface area contributed by atoms with E-state index in [1.165, 1.54) is 0 Å². The van der Waals surface area contributed by atoms with Crippen molar-refractivity contribution in [1.29, 1.82) is 0 Å². The minimum atomic E-state index is -0.433. The third kappa shape index (κ3) is 5.14. The summed E-state index contributed by atoms with van der Waals surface area (Å²) < 4.78 is 10.4. The van der Waals surface area contributed by atoms with E-state index in [4.69, 9.17) is 8.92 Å². The molecule has 1 N–H and O–H groups in total. The maximum atomic E-state index is 9.97. The van der Waals surface area contributed by atoms with Crippen LogP contribution in [-0.2, 0) is 8.92 Å². The lowest BCUT2D eigenvalue weighted by molar-refractivity contribution is 0.0261. The van der Waals surface area contributed by atoms with Crippen LogP contribution in [0.25, 0.3) is 0 Å². The largest absolute Gasteiger partial charge is 0.389 e. The number of aliphatic hydroxyl groups excluding tert-OH is 1. The molecule has 0 bridgehead atoms. The summed E-state index contributed by atoms with van der Waals surface area (Å²) in [4.78, 5) is 0. The van der Waals surface area contributed by atoms with Crippen molar-refractivity contribution in [3.63, 3.8) is 0 Å². The van der Waals surface area contributed by atoms with Crippen LogP contribution < -0.4 is 0 Å². The quantitative estimate of drug-likeness (QED) is 0.406. The van der Waals surface area contributed by atoms with Crippen LogP contribution in [-0.4, -0.2) is 30.5 Å². The topological polar surface area (TPSA) is 38.7 Å². The zero-order valence-corrected chi connectivity index (χ0v) is 12.9. The highest BCUT2D eigenvalue weighted by molar-refractivity contribution is 7.75. The molecule has 0 saturated carbocycles. The fourth-order valence-corrected chi connectivity index (χ4v) is 2.27. The fourth-order valence-electron chi connectivity index (χ4n) is 1.95. The van der Waals surface area contributed by atoms with Crippen LogP contribution in [0, 0.1) is 11.8 Å². The third-order valence-corrected chi connectivity index (χ3v) is 3.34. The SMILES string of the molecule is C=CC(OC)[C@@H](OS)[C@H](C)/C=C(/C)[C@H](O)C(C)C. The standard InChI is InChI=1S/C14H26O3S/c1-7-12(16-6)14(17-18)11(5)8-10(4)13(15)9(2)3/h7-9,11-15,18H,1H2,2-6H3/b10-8-/t11-,12?,13-,14+/m1/s1. The molecule has 1 unspecified atom stereocenters. The molecule has 4 atom stereocenters. The Kier molecular flexibility index (Phi) is 8.61. The van der Waals surface area contributed by atoms with Crippen molar-refractivity contribution in [3.8, 4) is 0 Å². The second-order valence-corrected chi connectivity index (χ2v) is 5.18. The van der Waals surface area contributed by atoms with E-state index in [2.05, 4.69) is 19.5 Å². The molecule has 0 aromatic heterocycles. The van der Waals surface area contributed by atoms with Gasteiger partial charge in [-0.2, -0.15) is 0 Å². The normalized spacial score (nSPS) is 19.4. The van der Waals surface area contributed by atoms with Gasteiger partial charge >= 0.3 is 0 Å². The molecule has 0 aromatic rings. The van der Waals surface area contributed by atoms with Crippen molar-refractivity contribution in [2.75, 3.05) is 7.11 Å². The van der Waals surface area contributed by atoms with Crippen molar-refractivity contribution in [3.05, 3.63) is 24.3 Å². The smallest absolute Gasteiger partial charge is 0.108 e. The first-order chi connectivity index (χ1) is 8.38. The molecule has 0 amide bonds. The second kappa shape index (κ2) is 8.75. The van der Waals surface area contributed by atoms with Crippen molar-refractivity contribution in [2.24, 2.45) is 11.8 Å². The Morgan fingerprint density at radius 3 is 2.22 bits per heavy atom. The molecule has 18 heavy (non-hydrogen) atoms. The molecule has 0 aliphatic carbocycles. The van der Waals surface area contributed by atoms with Crippen LogP contribution in [0.15, 0.2) is 24.3 Å². The highest BCUT2D eigenvalue weighted by Crippen LogP contribution is 2.21. The van der Waals surface area contributed by atoms with Gasteiger partial charge in [0, 0.05) is 13.0 Å². The Bertz CT molecular complexity index is 276. The number of hydrogen-bond donors (Lipinski definition) is 2. The lowest BCUT2D eigenvalue weighted by Gasteiger charge is -2.26. The van der Waals surface area contributed by atoms with E-state index >= 15 is 0 Å². The molecular formula is C14H26O3S. The van der Waals surface area contributed by atoms with Gasteiger partial charge in [0.1, 0.15) is 12.2 Å². The first-order valence-corrected chi connectivity index (χ1v) is 6.57. The van der Waals surface area contributed by atoms with Crippen LogP contribution in [0.4, 0.5) is 0 Å². The van der Waals surface area contributed by atoms with Gasteiger partial charge in [0.2, 0.25) is 0 Å². The van der Waals surface area contributed by atoms with Crippen LogP contribution in [0.1, 0.15) is 27.7 Å². The molecule has 0 aliphatic rings. The van der Waals surface area contributed by atoms with Gasteiger partial charge in [0.15, 0.2) is 0 Å². The molecule has 0 saturated heterocycles. The molecule has 0 heterocycles. The number of thiol groups is 1. The molecule has 0 aromatic carbocycles. The van der Waals surface area contributed by atoms with E-state index in [0.29, 0.717) is 0 Å². The van der Waals surface area contributed by atoms with Gasteiger partial charge in [-0.3, -0.25) is 0 Å². The van der Waals surface area contributed by atoms with Crippen molar-refractivity contribution in [1.82, 2.24) is 0 Å². The maximum absolute atomic E-state index is 9.97. The van der Waals surface area contributed by atoms with Gasteiger partial charge in [-0.15, -0.1) is 6.58 Å². The Morgan fingerprint density at radius 1 is 1.33 bits per heavy atom. The van der Waals surface area contributed by atoms with Gasteiger partial charge < -0.3 is 14.0 Å². The molecule has 106 valence electrons. The summed E-state index contributed by atoms with van der Waals surface area (Å²) >= 11 is 3.90. The molecular weight excluding hydrogens is 248 g/mol. The Morgan fingerprint density at radius 2 is 1.89 bits per heavy atom. The Labute approximate surface area is 116 Å². The average Bonchev–Trinajstić information content (AvgIpc) is 2.33. The van der Waals surface area contributed by atoms with E-state index in [9.17, 15) is 5.11 Å².